The number of hydrogen-bond donors (Lipinski definition) is 1. The standard InChI is InChI=1S/C22H23ClN4O2/c1-14(2)24-8-10-26(3)16-7-6-15-11-17(22(28)29-20(15)12-16)19-13-27-9-4-5-18(23)21(27)25-19/h4-7,9,11-14,24H,8,10H2,1-3H3. The second-order valence-electron chi connectivity index (χ2n) is 7.41. The summed E-state index contributed by atoms with van der Waals surface area (Å²) in [5.74, 6) is 0. The third kappa shape index (κ3) is 3.99. The van der Waals surface area contributed by atoms with E-state index >= 15 is 0 Å². The average Bonchev–Trinajstić information content (AvgIpc) is 3.12. The molecule has 4 rings (SSSR count). The number of rotatable bonds is 6. The summed E-state index contributed by atoms with van der Waals surface area (Å²) < 4.78 is 7.42. The molecule has 0 saturated carbocycles. The maximum absolute atomic E-state index is 12.7. The summed E-state index contributed by atoms with van der Waals surface area (Å²) in [4.78, 5) is 19.3. The summed E-state index contributed by atoms with van der Waals surface area (Å²) in [6.07, 6.45) is 3.62. The first-order valence-corrected chi connectivity index (χ1v) is 9.96. The predicted octanol–water partition coefficient (Wildman–Crippen LogP) is 4.20. The van der Waals surface area contributed by atoms with Crippen LogP contribution in [0.1, 0.15) is 13.8 Å². The van der Waals surface area contributed by atoms with Crippen LogP contribution in [0.15, 0.2) is 58.0 Å². The molecule has 1 N–H and O–H groups in total. The van der Waals surface area contributed by atoms with E-state index in [2.05, 4.69) is 29.0 Å². The van der Waals surface area contributed by atoms with E-state index in [4.69, 9.17) is 16.0 Å². The Balaban J connectivity index is 1.67. The maximum atomic E-state index is 12.7. The number of fused-ring (bicyclic) bond motifs is 2. The van der Waals surface area contributed by atoms with Gasteiger partial charge in [0.25, 0.3) is 0 Å². The Hall–Kier alpha value is -2.83. The highest BCUT2D eigenvalue weighted by Crippen LogP contribution is 2.26. The minimum Gasteiger partial charge on any atom is -0.422 e. The Kier molecular flexibility index (Phi) is 5.30. The molecular formula is C22H23ClN4O2. The fraction of sp³-hybridized carbons (Fsp3) is 0.273. The Morgan fingerprint density at radius 2 is 2.10 bits per heavy atom. The molecule has 6 nitrogen and oxygen atoms in total. The van der Waals surface area contributed by atoms with Crippen LogP contribution in [0.5, 0.6) is 0 Å². The van der Waals surface area contributed by atoms with Crippen molar-refractivity contribution in [1.29, 1.82) is 0 Å². The van der Waals surface area contributed by atoms with E-state index in [0.29, 0.717) is 33.6 Å². The molecule has 0 atom stereocenters. The predicted molar refractivity (Wildman–Crippen MR) is 118 cm³/mol. The second-order valence-corrected chi connectivity index (χ2v) is 7.82. The quantitative estimate of drug-likeness (QED) is 0.483. The van der Waals surface area contributed by atoms with E-state index in [0.717, 1.165) is 24.2 Å². The smallest absolute Gasteiger partial charge is 0.345 e. The van der Waals surface area contributed by atoms with Gasteiger partial charge >= 0.3 is 5.63 Å². The summed E-state index contributed by atoms with van der Waals surface area (Å²) >= 11 is 6.20. The van der Waals surface area contributed by atoms with Gasteiger partial charge in [-0.1, -0.05) is 25.4 Å². The van der Waals surface area contributed by atoms with Gasteiger partial charge < -0.3 is 19.0 Å². The van der Waals surface area contributed by atoms with Gasteiger partial charge in [-0.2, -0.15) is 0 Å². The molecule has 0 amide bonds. The van der Waals surface area contributed by atoms with Crippen molar-refractivity contribution in [3.8, 4) is 11.3 Å². The maximum Gasteiger partial charge on any atom is 0.345 e. The highest BCUT2D eigenvalue weighted by atomic mass is 35.5. The molecule has 150 valence electrons. The lowest BCUT2D eigenvalue weighted by molar-refractivity contribution is 0.562. The summed E-state index contributed by atoms with van der Waals surface area (Å²) in [5, 5.41) is 4.78. The van der Waals surface area contributed by atoms with Crippen LogP contribution < -0.4 is 15.8 Å². The molecule has 4 aromatic rings. The van der Waals surface area contributed by atoms with Crippen molar-refractivity contribution in [2.75, 3.05) is 25.0 Å². The summed E-state index contributed by atoms with van der Waals surface area (Å²) in [6, 6.07) is 11.8. The van der Waals surface area contributed by atoms with Gasteiger partial charge in [0, 0.05) is 55.7 Å². The van der Waals surface area contributed by atoms with Crippen molar-refractivity contribution in [2.24, 2.45) is 0 Å². The van der Waals surface area contributed by atoms with Gasteiger partial charge in [0.15, 0.2) is 5.65 Å². The molecule has 3 heterocycles. The third-order valence-corrected chi connectivity index (χ3v) is 5.17. The van der Waals surface area contributed by atoms with Crippen LogP contribution in [0.2, 0.25) is 5.02 Å². The van der Waals surface area contributed by atoms with Crippen LogP contribution in [0.25, 0.3) is 27.9 Å². The van der Waals surface area contributed by atoms with Crippen LogP contribution >= 0.6 is 11.6 Å². The molecule has 0 bridgehead atoms. The van der Waals surface area contributed by atoms with E-state index in [1.807, 2.05) is 43.6 Å². The molecule has 0 saturated heterocycles. The van der Waals surface area contributed by atoms with Crippen molar-refractivity contribution in [1.82, 2.24) is 14.7 Å². The third-order valence-electron chi connectivity index (χ3n) is 4.87. The summed E-state index contributed by atoms with van der Waals surface area (Å²) in [5.41, 5.74) is 2.70. The molecule has 3 aromatic heterocycles. The van der Waals surface area contributed by atoms with E-state index in [-0.39, 0.29) is 0 Å². The van der Waals surface area contributed by atoms with E-state index < -0.39 is 5.63 Å². The van der Waals surface area contributed by atoms with Crippen LogP contribution in [-0.2, 0) is 0 Å². The number of imidazole rings is 1. The van der Waals surface area contributed by atoms with Crippen molar-refractivity contribution < 1.29 is 4.42 Å². The average molecular weight is 411 g/mol. The zero-order valence-corrected chi connectivity index (χ0v) is 17.4. The Labute approximate surface area is 173 Å². The topological polar surface area (TPSA) is 62.8 Å². The van der Waals surface area contributed by atoms with Gasteiger partial charge in [-0.05, 0) is 30.3 Å². The van der Waals surface area contributed by atoms with Crippen LogP contribution in [0, 0.1) is 0 Å². The Morgan fingerprint density at radius 3 is 2.86 bits per heavy atom. The fourth-order valence-corrected chi connectivity index (χ4v) is 3.49. The van der Waals surface area contributed by atoms with Gasteiger partial charge in [-0.15, -0.1) is 0 Å². The van der Waals surface area contributed by atoms with E-state index in [1.165, 1.54) is 0 Å². The molecule has 0 spiro atoms. The number of likely N-dealkylation sites (N-methyl/N-ethyl adjacent to an activating group) is 1. The lowest BCUT2D eigenvalue weighted by Crippen LogP contribution is -2.32. The highest BCUT2D eigenvalue weighted by Gasteiger charge is 2.14. The molecule has 0 radical (unpaired) electrons. The van der Waals surface area contributed by atoms with Crippen molar-refractivity contribution >= 4 is 33.9 Å². The largest absolute Gasteiger partial charge is 0.422 e. The Bertz CT molecular complexity index is 1230. The van der Waals surface area contributed by atoms with Gasteiger partial charge in [0.05, 0.1) is 16.3 Å². The number of anilines is 1. The number of aromatic nitrogens is 2. The second kappa shape index (κ2) is 7.89. The minimum atomic E-state index is -0.418. The van der Waals surface area contributed by atoms with Gasteiger partial charge in [-0.25, -0.2) is 9.78 Å². The first-order valence-electron chi connectivity index (χ1n) is 9.58. The van der Waals surface area contributed by atoms with Gasteiger partial charge in [-0.3, -0.25) is 0 Å². The van der Waals surface area contributed by atoms with Gasteiger partial charge in [0.1, 0.15) is 5.58 Å². The van der Waals surface area contributed by atoms with Crippen LogP contribution in [0.3, 0.4) is 0 Å². The molecule has 0 fully saturated rings. The first kappa shape index (κ1) is 19.5. The minimum absolute atomic E-state index is 0.416. The van der Waals surface area contributed by atoms with E-state index in [9.17, 15) is 4.79 Å². The lowest BCUT2D eigenvalue weighted by Gasteiger charge is -2.20. The zero-order valence-electron chi connectivity index (χ0n) is 16.6. The fourth-order valence-electron chi connectivity index (χ4n) is 3.27. The summed E-state index contributed by atoms with van der Waals surface area (Å²) in [6.45, 7) is 5.98. The highest BCUT2D eigenvalue weighted by molar-refractivity contribution is 6.33. The monoisotopic (exact) mass is 410 g/mol. The van der Waals surface area contributed by atoms with Gasteiger partial charge in [0.2, 0.25) is 0 Å². The number of nitrogens with zero attached hydrogens (tertiary/aromatic N) is 3. The number of nitrogens with one attached hydrogen (secondary N) is 1. The zero-order chi connectivity index (χ0) is 20.5. The first-order chi connectivity index (χ1) is 13.9. The molecule has 0 aliphatic carbocycles. The molecule has 0 aliphatic heterocycles. The van der Waals surface area contributed by atoms with Crippen LogP contribution in [-0.4, -0.2) is 35.6 Å². The van der Waals surface area contributed by atoms with Crippen molar-refractivity contribution in [2.45, 2.75) is 19.9 Å². The number of benzene rings is 1. The van der Waals surface area contributed by atoms with Crippen molar-refractivity contribution in [3.63, 3.8) is 0 Å². The molecule has 0 unspecified atom stereocenters. The number of halogens is 1. The summed E-state index contributed by atoms with van der Waals surface area (Å²) in [7, 11) is 2.02. The lowest BCUT2D eigenvalue weighted by atomic mass is 10.1. The number of hydrogen-bond acceptors (Lipinski definition) is 5. The molecular weight excluding hydrogens is 388 g/mol. The van der Waals surface area contributed by atoms with E-state index in [1.54, 1.807) is 16.7 Å². The SMILES string of the molecule is CC(C)NCCN(C)c1ccc2cc(-c3cn4cccc(Cl)c4n3)c(=O)oc2c1. The number of pyridine rings is 1. The molecule has 0 aliphatic rings. The molecule has 29 heavy (non-hydrogen) atoms. The normalized spacial score (nSPS) is 11.6. The molecule has 1 aromatic carbocycles. The van der Waals surface area contributed by atoms with Crippen LogP contribution in [0.4, 0.5) is 5.69 Å². The Morgan fingerprint density at radius 1 is 1.28 bits per heavy atom. The van der Waals surface area contributed by atoms with Crippen molar-refractivity contribution in [3.05, 3.63) is 64.2 Å². The molecule has 7 heteroatoms.